The van der Waals surface area contributed by atoms with E-state index in [9.17, 15) is 0 Å². The predicted molar refractivity (Wildman–Crippen MR) is 82.0 cm³/mol. The number of benzene rings is 2. The molecule has 4 nitrogen and oxygen atoms in total. The van der Waals surface area contributed by atoms with Gasteiger partial charge < -0.3 is 20.7 Å². The van der Waals surface area contributed by atoms with Gasteiger partial charge in [0.15, 0.2) is 11.5 Å². The topological polar surface area (TPSA) is 45.3 Å². The molecule has 0 amide bonds. The van der Waals surface area contributed by atoms with E-state index in [4.69, 9.17) is 4.74 Å². The Hall–Kier alpha value is -2.04. The van der Waals surface area contributed by atoms with Crippen molar-refractivity contribution >= 4 is 11.4 Å². The zero-order chi connectivity index (χ0) is 13.6. The van der Waals surface area contributed by atoms with Crippen LogP contribution in [0.15, 0.2) is 48.5 Å². The molecule has 0 radical (unpaired) electrons. The van der Waals surface area contributed by atoms with Crippen molar-refractivity contribution in [3.8, 4) is 11.5 Å². The highest BCUT2D eigenvalue weighted by atomic mass is 16.5. The highest BCUT2D eigenvalue weighted by Crippen LogP contribution is 2.40. The van der Waals surface area contributed by atoms with E-state index in [1.54, 1.807) is 0 Å². The number of anilines is 2. The highest BCUT2D eigenvalue weighted by molar-refractivity contribution is 5.75. The molecule has 1 saturated heterocycles. The zero-order valence-corrected chi connectivity index (χ0v) is 11.4. The van der Waals surface area contributed by atoms with Gasteiger partial charge in [-0.3, -0.25) is 0 Å². The maximum Gasteiger partial charge on any atom is 0.150 e. The number of piperazine rings is 1. The van der Waals surface area contributed by atoms with Crippen molar-refractivity contribution in [2.45, 2.75) is 0 Å². The van der Waals surface area contributed by atoms with Crippen molar-refractivity contribution < 1.29 is 4.74 Å². The van der Waals surface area contributed by atoms with Crippen LogP contribution >= 0.6 is 0 Å². The molecule has 2 aliphatic heterocycles. The van der Waals surface area contributed by atoms with Gasteiger partial charge in [0, 0.05) is 26.2 Å². The SMILES string of the molecule is C1CNCCN1.c1ccc2c(c1)Nc1ccccc1O2. The van der Waals surface area contributed by atoms with Crippen molar-refractivity contribution in [1.29, 1.82) is 0 Å². The molecule has 4 rings (SSSR count). The van der Waals surface area contributed by atoms with Crippen LogP contribution in [0.4, 0.5) is 11.4 Å². The molecule has 0 atom stereocenters. The standard InChI is InChI=1S/C12H9NO.C4H10N2/c1-3-7-11-9(5-1)13-10-6-2-4-8-12(10)14-11;1-2-6-4-3-5-1/h1-8,13H;5-6H,1-4H2. The minimum absolute atomic E-state index is 0.881. The number of ether oxygens (including phenoxy) is 1. The van der Waals surface area contributed by atoms with Crippen LogP contribution in [-0.2, 0) is 0 Å². The van der Waals surface area contributed by atoms with Crippen LogP contribution in [0.1, 0.15) is 0 Å². The van der Waals surface area contributed by atoms with Crippen molar-refractivity contribution in [1.82, 2.24) is 10.6 Å². The number of nitrogens with one attached hydrogen (secondary N) is 3. The average molecular weight is 269 g/mol. The van der Waals surface area contributed by atoms with Crippen LogP contribution < -0.4 is 20.7 Å². The summed E-state index contributed by atoms with van der Waals surface area (Å²) in [5.74, 6) is 1.76. The van der Waals surface area contributed by atoms with Gasteiger partial charge in [0.25, 0.3) is 0 Å². The summed E-state index contributed by atoms with van der Waals surface area (Å²) < 4.78 is 5.71. The number of para-hydroxylation sites is 4. The van der Waals surface area contributed by atoms with E-state index in [0.29, 0.717) is 0 Å². The largest absolute Gasteiger partial charge is 0.453 e. The molecule has 0 unspecified atom stereocenters. The van der Waals surface area contributed by atoms with Crippen LogP contribution in [0.5, 0.6) is 11.5 Å². The van der Waals surface area contributed by atoms with Gasteiger partial charge in [-0.15, -0.1) is 0 Å². The fraction of sp³-hybridized carbons (Fsp3) is 0.250. The molecule has 0 saturated carbocycles. The summed E-state index contributed by atoms with van der Waals surface area (Å²) in [6.45, 7) is 4.56. The van der Waals surface area contributed by atoms with Crippen LogP contribution in [-0.4, -0.2) is 26.2 Å². The summed E-state index contributed by atoms with van der Waals surface area (Å²) in [5.41, 5.74) is 2.04. The average Bonchev–Trinajstić information content (AvgIpc) is 2.55. The molecular formula is C16H19N3O. The molecule has 2 aliphatic rings. The smallest absolute Gasteiger partial charge is 0.150 e. The second-order valence-electron chi connectivity index (χ2n) is 4.72. The van der Waals surface area contributed by atoms with Crippen molar-refractivity contribution in [3.05, 3.63) is 48.5 Å². The first kappa shape index (κ1) is 13.0. The van der Waals surface area contributed by atoms with E-state index < -0.39 is 0 Å². The predicted octanol–water partition coefficient (Wildman–Crippen LogP) is 2.72. The van der Waals surface area contributed by atoms with E-state index in [2.05, 4.69) is 16.0 Å². The zero-order valence-electron chi connectivity index (χ0n) is 11.4. The van der Waals surface area contributed by atoms with Gasteiger partial charge in [0.05, 0.1) is 11.4 Å². The van der Waals surface area contributed by atoms with Crippen molar-refractivity contribution in [2.75, 3.05) is 31.5 Å². The molecule has 0 aliphatic carbocycles. The summed E-state index contributed by atoms with van der Waals surface area (Å²) in [4.78, 5) is 0. The number of fused-ring (bicyclic) bond motifs is 2. The van der Waals surface area contributed by atoms with Gasteiger partial charge in [0.1, 0.15) is 0 Å². The molecule has 20 heavy (non-hydrogen) atoms. The van der Waals surface area contributed by atoms with E-state index in [-0.39, 0.29) is 0 Å². The molecule has 4 heteroatoms. The third-order valence-electron chi connectivity index (χ3n) is 3.22. The Bertz CT molecular complexity index is 468. The Morgan fingerprint density at radius 3 is 1.55 bits per heavy atom. The normalized spacial score (nSPS) is 15.6. The molecule has 2 aromatic rings. The van der Waals surface area contributed by atoms with Gasteiger partial charge in [-0.2, -0.15) is 0 Å². The Balaban J connectivity index is 0.000000170. The Kier molecular flexibility index (Phi) is 4.16. The fourth-order valence-corrected chi connectivity index (χ4v) is 2.18. The van der Waals surface area contributed by atoms with Crippen molar-refractivity contribution in [3.63, 3.8) is 0 Å². The maximum absolute atomic E-state index is 5.71. The first-order chi connectivity index (χ1) is 9.93. The third-order valence-corrected chi connectivity index (χ3v) is 3.22. The van der Waals surface area contributed by atoms with E-state index in [1.165, 1.54) is 0 Å². The second kappa shape index (κ2) is 6.41. The molecule has 0 spiro atoms. The van der Waals surface area contributed by atoms with E-state index in [0.717, 1.165) is 49.1 Å². The Morgan fingerprint density at radius 2 is 1.10 bits per heavy atom. The molecule has 3 N–H and O–H groups in total. The van der Waals surface area contributed by atoms with Crippen LogP contribution in [0.25, 0.3) is 0 Å². The lowest BCUT2D eigenvalue weighted by Crippen LogP contribution is -2.39. The second-order valence-corrected chi connectivity index (χ2v) is 4.72. The first-order valence-corrected chi connectivity index (χ1v) is 6.98. The first-order valence-electron chi connectivity index (χ1n) is 6.98. The summed E-state index contributed by atoms with van der Waals surface area (Å²) >= 11 is 0. The maximum atomic E-state index is 5.71. The minimum atomic E-state index is 0.881. The molecule has 0 aromatic heterocycles. The number of hydrogen-bond donors (Lipinski definition) is 3. The third kappa shape index (κ3) is 3.10. The lowest BCUT2D eigenvalue weighted by atomic mass is 10.2. The lowest BCUT2D eigenvalue weighted by molar-refractivity contribution is 0.481. The van der Waals surface area contributed by atoms with Gasteiger partial charge >= 0.3 is 0 Å². The molecular weight excluding hydrogens is 250 g/mol. The highest BCUT2D eigenvalue weighted by Gasteiger charge is 2.13. The summed E-state index contributed by atoms with van der Waals surface area (Å²) in [5, 5.41) is 9.76. The van der Waals surface area contributed by atoms with Gasteiger partial charge in [-0.25, -0.2) is 0 Å². The van der Waals surface area contributed by atoms with Crippen LogP contribution in [0.2, 0.25) is 0 Å². The summed E-state index contributed by atoms with van der Waals surface area (Å²) in [6, 6.07) is 15.8. The minimum Gasteiger partial charge on any atom is -0.453 e. The molecule has 2 heterocycles. The van der Waals surface area contributed by atoms with Crippen LogP contribution in [0.3, 0.4) is 0 Å². The molecule has 0 bridgehead atoms. The molecule has 1 fully saturated rings. The summed E-state index contributed by atoms with van der Waals surface area (Å²) in [6.07, 6.45) is 0. The monoisotopic (exact) mass is 269 g/mol. The molecule has 104 valence electrons. The van der Waals surface area contributed by atoms with Crippen LogP contribution in [0, 0.1) is 0 Å². The van der Waals surface area contributed by atoms with Gasteiger partial charge in [-0.1, -0.05) is 24.3 Å². The number of hydrogen-bond acceptors (Lipinski definition) is 4. The van der Waals surface area contributed by atoms with E-state index in [1.807, 2.05) is 48.5 Å². The molecule has 2 aromatic carbocycles. The number of rotatable bonds is 0. The Morgan fingerprint density at radius 1 is 0.650 bits per heavy atom. The fourth-order valence-electron chi connectivity index (χ4n) is 2.18. The quantitative estimate of drug-likeness (QED) is 0.587. The van der Waals surface area contributed by atoms with Gasteiger partial charge in [0.2, 0.25) is 0 Å². The van der Waals surface area contributed by atoms with E-state index >= 15 is 0 Å². The Labute approximate surface area is 119 Å². The lowest BCUT2D eigenvalue weighted by Gasteiger charge is -2.20. The van der Waals surface area contributed by atoms with Crippen molar-refractivity contribution in [2.24, 2.45) is 0 Å². The van der Waals surface area contributed by atoms with Gasteiger partial charge in [-0.05, 0) is 24.3 Å². The summed E-state index contributed by atoms with van der Waals surface area (Å²) in [7, 11) is 0.